The maximum Gasteiger partial charge on any atom is 0.197 e. The summed E-state index contributed by atoms with van der Waals surface area (Å²) in [6.45, 7) is 5.55. The first-order chi connectivity index (χ1) is 9.71. The molecular weight excluding hydrogens is 287 g/mol. The maximum atomic E-state index is 12.7. The first-order valence-electron chi connectivity index (χ1n) is 6.47. The number of carbonyl (C=O) groups is 1. The molecule has 2 aromatic carbocycles. The second kappa shape index (κ2) is 5.66. The van der Waals surface area contributed by atoms with E-state index < -0.39 is 13.7 Å². The summed E-state index contributed by atoms with van der Waals surface area (Å²) in [5.41, 5.74) is 3.07. The number of rotatable bonds is 3. The van der Waals surface area contributed by atoms with Crippen molar-refractivity contribution in [3.63, 3.8) is 0 Å². The Bertz CT molecular complexity index is 679. The van der Waals surface area contributed by atoms with Crippen LogP contribution in [-0.4, -0.2) is 10.7 Å². The SMILES string of the molecule is Cc1cc(C)c(C(=O)c2ccccc2[P+]([O-])([O-])O)c(C)c1. The minimum Gasteiger partial charge on any atom is -0.655 e. The molecule has 4 nitrogen and oxygen atoms in total. The third-order valence-corrected chi connectivity index (χ3v) is 4.36. The lowest BCUT2D eigenvalue weighted by molar-refractivity contribution is -0.325. The Morgan fingerprint density at radius 2 is 1.57 bits per heavy atom. The predicted octanol–water partition coefficient (Wildman–Crippen LogP) is 0.944. The molecule has 0 saturated carbocycles. The van der Waals surface area contributed by atoms with Gasteiger partial charge in [0.1, 0.15) is 5.30 Å². The van der Waals surface area contributed by atoms with Gasteiger partial charge in [0, 0.05) is 5.56 Å². The summed E-state index contributed by atoms with van der Waals surface area (Å²) in [6, 6.07) is 9.45. The van der Waals surface area contributed by atoms with Crippen LogP contribution >= 0.6 is 7.94 Å². The molecule has 0 bridgehead atoms. The molecule has 0 aliphatic heterocycles. The molecule has 0 unspecified atom stereocenters. The van der Waals surface area contributed by atoms with Gasteiger partial charge in [-0.25, -0.2) is 0 Å². The topological polar surface area (TPSA) is 83.4 Å². The molecule has 0 aliphatic rings. The first-order valence-corrected chi connectivity index (χ1v) is 8.05. The lowest BCUT2D eigenvalue weighted by Gasteiger charge is -2.29. The van der Waals surface area contributed by atoms with Crippen molar-refractivity contribution in [1.82, 2.24) is 0 Å². The first kappa shape index (κ1) is 15.8. The van der Waals surface area contributed by atoms with Gasteiger partial charge in [-0.3, -0.25) is 9.69 Å². The van der Waals surface area contributed by atoms with Crippen LogP contribution in [0.25, 0.3) is 0 Å². The predicted molar refractivity (Wildman–Crippen MR) is 79.3 cm³/mol. The van der Waals surface area contributed by atoms with Crippen molar-refractivity contribution < 1.29 is 19.5 Å². The molecule has 2 aromatic rings. The van der Waals surface area contributed by atoms with E-state index in [4.69, 9.17) is 0 Å². The van der Waals surface area contributed by atoms with Gasteiger partial charge in [-0.05, 0) is 44.0 Å². The van der Waals surface area contributed by atoms with Crippen LogP contribution in [0, 0.1) is 20.8 Å². The van der Waals surface area contributed by atoms with Crippen molar-refractivity contribution in [2.24, 2.45) is 0 Å². The van der Waals surface area contributed by atoms with Crippen molar-refractivity contribution in [2.45, 2.75) is 20.8 Å². The molecule has 0 radical (unpaired) electrons. The summed E-state index contributed by atoms with van der Waals surface area (Å²) in [4.78, 5) is 44.9. The van der Waals surface area contributed by atoms with Gasteiger partial charge >= 0.3 is 0 Å². The van der Waals surface area contributed by atoms with Crippen molar-refractivity contribution in [3.05, 3.63) is 64.2 Å². The van der Waals surface area contributed by atoms with Gasteiger partial charge in [0.2, 0.25) is 0 Å². The van der Waals surface area contributed by atoms with Crippen LogP contribution in [0.1, 0.15) is 32.6 Å². The van der Waals surface area contributed by atoms with E-state index in [1.807, 2.05) is 32.9 Å². The quantitative estimate of drug-likeness (QED) is 0.676. The highest BCUT2D eigenvalue weighted by molar-refractivity contribution is 7.64. The lowest BCUT2D eigenvalue weighted by atomic mass is 9.93. The van der Waals surface area contributed by atoms with Crippen LogP contribution in [0.5, 0.6) is 0 Å². The summed E-state index contributed by atoms with van der Waals surface area (Å²) < 4.78 is 0. The normalized spacial score (nSPS) is 11.5. The van der Waals surface area contributed by atoms with Crippen LogP contribution in [0.15, 0.2) is 36.4 Å². The Labute approximate surface area is 124 Å². The number of hydrogen-bond acceptors (Lipinski definition) is 4. The summed E-state index contributed by atoms with van der Waals surface area (Å²) in [5.74, 6) is -0.397. The second-order valence-electron chi connectivity index (χ2n) is 5.14. The molecule has 0 amide bonds. The fourth-order valence-corrected chi connectivity index (χ4v) is 3.34. The monoisotopic (exact) mass is 303 g/mol. The zero-order chi connectivity index (χ0) is 15.8. The molecule has 5 heteroatoms. The van der Waals surface area contributed by atoms with E-state index >= 15 is 0 Å². The van der Waals surface area contributed by atoms with E-state index in [1.54, 1.807) is 6.07 Å². The van der Waals surface area contributed by atoms with Crippen molar-refractivity contribution in [3.8, 4) is 0 Å². The average molecular weight is 303 g/mol. The second-order valence-corrected chi connectivity index (χ2v) is 6.66. The summed E-state index contributed by atoms with van der Waals surface area (Å²) in [5, 5.41) is -0.339. The molecule has 0 aromatic heterocycles. The third kappa shape index (κ3) is 3.20. The largest absolute Gasteiger partial charge is 0.655 e. The fraction of sp³-hybridized carbons (Fsp3) is 0.188. The highest BCUT2D eigenvalue weighted by Gasteiger charge is 2.24. The maximum absolute atomic E-state index is 12.7. The Kier molecular flexibility index (Phi) is 4.26. The number of hydrogen-bond donors (Lipinski definition) is 1. The van der Waals surface area contributed by atoms with E-state index in [1.165, 1.54) is 18.2 Å². The zero-order valence-corrected chi connectivity index (χ0v) is 13.0. The van der Waals surface area contributed by atoms with E-state index in [2.05, 4.69) is 0 Å². The fourth-order valence-electron chi connectivity index (χ4n) is 2.58. The number of carbonyl (C=O) groups excluding carboxylic acids is 1. The smallest absolute Gasteiger partial charge is 0.197 e. The molecule has 0 fully saturated rings. The van der Waals surface area contributed by atoms with Gasteiger partial charge in [-0.1, -0.05) is 29.8 Å². The van der Waals surface area contributed by atoms with Gasteiger partial charge < -0.3 is 9.79 Å². The van der Waals surface area contributed by atoms with Gasteiger partial charge in [0.15, 0.2) is 5.78 Å². The lowest BCUT2D eigenvalue weighted by Crippen LogP contribution is -2.34. The summed E-state index contributed by atoms with van der Waals surface area (Å²) in [7, 11) is -4.74. The molecule has 0 heterocycles. The molecule has 1 N–H and O–H groups in total. The standard InChI is InChI=1S/C16H17O4P/c1-10-8-11(2)15(12(3)9-10)16(17)13-6-4-5-7-14(13)21(18,19)20/h4-9H,1-3H3,(H2,18,19,20)/p-1. The minimum absolute atomic E-state index is 0.00612. The number of aryl methyl sites for hydroxylation is 3. The molecule has 0 spiro atoms. The van der Waals surface area contributed by atoms with Crippen molar-refractivity contribution in [2.75, 3.05) is 0 Å². The molecule has 110 valence electrons. The van der Waals surface area contributed by atoms with Crippen LogP contribution < -0.4 is 15.1 Å². The number of benzene rings is 2. The molecular formula is C16H16O4P-. The Balaban J connectivity index is 2.62. The Hall–Kier alpha value is -1.58. The van der Waals surface area contributed by atoms with E-state index in [0.717, 1.165) is 16.7 Å². The highest BCUT2D eigenvalue weighted by atomic mass is 31.2. The summed E-state index contributed by atoms with van der Waals surface area (Å²) in [6.07, 6.45) is 0. The molecule has 2 rings (SSSR count). The van der Waals surface area contributed by atoms with Gasteiger partial charge in [0.25, 0.3) is 0 Å². The third-order valence-electron chi connectivity index (χ3n) is 3.36. The highest BCUT2D eigenvalue weighted by Crippen LogP contribution is 2.34. The molecule has 21 heavy (non-hydrogen) atoms. The number of ketones is 1. The van der Waals surface area contributed by atoms with Crippen LogP contribution in [0.3, 0.4) is 0 Å². The average Bonchev–Trinajstić information content (AvgIpc) is 2.36. The van der Waals surface area contributed by atoms with Crippen molar-refractivity contribution in [1.29, 1.82) is 0 Å². The van der Waals surface area contributed by atoms with Crippen molar-refractivity contribution >= 4 is 19.0 Å². The van der Waals surface area contributed by atoms with Gasteiger partial charge in [0.05, 0.1) is 13.5 Å². The van der Waals surface area contributed by atoms with Gasteiger partial charge in [-0.2, -0.15) is 0 Å². The van der Waals surface area contributed by atoms with E-state index in [0.29, 0.717) is 5.56 Å². The van der Waals surface area contributed by atoms with Gasteiger partial charge in [-0.15, -0.1) is 0 Å². The Morgan fingerprint density at radius 3 is 2.10 bits per heavy atom. The zero-order valence-electron chi connectivity index (χ0n) is 12.1. The molecule has 0 aliphatic carbocycles. The van der Waals surface area contributed by atoms with E-state index in [9.17, 15) is 19.5 Å². The molecule has 0 saturated heterocycles. The minimum atomic E-state index is -4.74. The van der Waals surface area contributed by atoms with Crippen LogP contribution in [0.4, 0.5) is 0 Å². The molecule has 0 atom stereocenters. The van der Waals surface area contributed by atoms with Crippen LogP contribution in [-0.2, 0) is 0 Å². The summed E-state index contributed by atoms with van der Waals surface area (Å²) >= 11 is 0. The van der Waals surface area contributed by atoms with E-state index in [-0.39, 0.29) is 10.9 Å². The Morgan fingerprint density at radius 1 is 1.05 bits per heavy atom. The van der Waals surface area contributed by atoms with Crippen LogP contribution in [0.2, 0.25) is 0 Å².